The van der Waals surface area contributed by atoms with E-state index in [1.54, 1.807) is 20.8 Å². The summed E-state index contributed by atoms with van der Waals surface area (Å²) in [6.07, 6.45) is 9.21. The summed E-state index contributed by atoms with van der Waals surface area (Å²) in [5, 5.41) is 0. The Morgan fingerprint density at radius 2 is 2.00 bits per heavy atom. The second-order valence-corrected chi connectivity index (χ2v) is 6.20. The molecule has 0 aliphatic carbocycles. The maximum Gasteiger partial charge on any atom is 0.311 e. The van der Waals surface area contributed by atoms with Crippen LogP contribution < -0.4 is 0 Å². The molecular formula is C17H22O6. The minimum Gasteiger partial charge on any atom is -0.462 e. The summed E-state index contributed by atoms with van der Waals surface area (Å²) < 4.78 is 21.5. The highest BCUT2D eigenvalue weighted by Gasteiger charge is 2.54. The Bertz CT molecular complexity index is 533. The summed E-state index contributed by atoms with van der Waals surface area (Å²) in [6.45, 7) is 6.28. The monoisotopic (exact) mass is 322 g/mol. The van der Waals surface area contributed by atoms with Crippen molar-refractivity contribution in [2.24, 2.45) is 5.41 Å². The van der Waals surface area contributed by atoms with Gasteiger partial charge in [-0.05, 0) is 20.8 Å². The van der Waals surface area contributed by atoms with Gasteiger partial charge in [-0.1, -0.05) is 11.8 Å². The van der Waals surface area contributed by atoms with E-state index < -0.39 is 35.2 Å². The van der Waals surface area contributed by atoms with Crippen molar-refractivity contribution in [2.45, 2.75) is 45.5 Å². The number of carbonyl (C=O) groups is 2. The molecule has 0 bridgehead atoms. The highest BCUT2D eigenvalue weighted by atomic mass is 16.6. The summed E-state index contributed by atoms with van der Waals surface area (Å²) in [7, 11) is 0. The van der Waals surface area contributed by atoms with Gasteiger partial charge in [-0.2, -0.15) is 0 Å². The maximum atomic E-state index is 11.9. The number of ether oxygens (including phenoxy) is 4. The van der Waals surface area contributed by atoms with E-state index in [-0.39, 0.29) is 19.8 Å². The SMILES string of the molecule is C#CCO[C@@]1(C#C)[C@@H](OC(C)=O)CO[C@@H]1COC(=O)C(C)(C)C. The Labute approximate surface area is 136 Å². The minimum atomic E-state index is -1.39. The fraction of sp³-hybridized carbons (Fsp3) is 0.647. The summed E-state index contributed by atoms with van der Waals surface area (Å²) >= 11 is 0. The second-order valence-electron chi connectivity index (χ2n) is 6.20. The van der Waals surface area contributed by atoms with Crippen LogP contribution >= 0.6 is 0 Å². The van der Waals surface area contributed by atoms with E-state index in [1.165, 1.54) is 6.92 Å². The molecule has 1 aliphatic rings. The third-order valence-corrected chi connectivity index (χ3v) is 3.31. The summed E-state index contributed by atoms with van der Waals surface area (Å²) in [4.78, 5) is 23.2. The molecule has 0 N–H and O–H groups in total. The quantitative estimate of drug-likeness (QED) is 0.554. The lowest BCUT2D eigenvalue weighted by Gasteiger charge is -2.32. The van der Waals surface area contributed by atoms with Crippen LogP contribution in [0.4, 0.5) is 0 Å². The van der Waals surface area contributed by atoms with Crippen molar-refractivity contribution >= 4 is 11.9 Å². The predicted molar refractivity (Wildman–Crippen MR) is 82.1 cm³/mol. The molecule has 1 saturated heterocycles. The molecule has 0 aromatic rings. The molecule has 3 atom stereocenters. The van der Waals surface area contributed by atoms with E-state index in [9.17, 15) is 9.59 Å². The van der Waals surface area contributed by atoms with Gasteiger partial charge in [0.15, 0.2) is 11.7 Å². The van der Waals surface area contributed by atoms with Crippen molar-refractivity contribution in [3.63, 3.8) is 0 Å². The van der Waals surface area contributed by atoms with Crippen LogP contribution in [0.1, 0.15) is 27.7 Å². The van der Waals surface area contributed by atoms with Gasteiger partial charge in [0.05, 0.1) is 12.0 Å². The lowest BCUT2D eigenvalue weighted by atomic mass is 9.93. The Morgan fingerprint density at radius 3 is 2.48 bits per heavy atom. The zero-order valence-electron chi connectivity index (χ0n) is 13.9. The van der Waals surface area contributed by atoms with Gasteiger partial charge in [0.1, 0.15) is 19.3 Å². The topological polar surface area (TPSA) is 71.1 Å². The zero-order valence-corrected chi connectivity index (χ0v) is 13.9. The van der Waals surface area contributed by atoms with E-state index in [0.717, 1.165) is 0 Å². The van der Waals surface area contributed by atoms with Crippen molar-refractivity contribution in [3.8, 4) is 24.7 Å². The number of carbonyl (C=O) groups excluding carboxylic acids is 2. The van der Waals surface area contributed by atoms with Crippen LogP contribution in [-0.4, -0.2) is 49.6 Å². The first-order valence-corrected chi connectivity index (χ1v) is 7.18. The van der Waals surface area contributed by atoms with E-state index in [1.807, 2.05) is 0 Å². The molecule has 0 saturated carbocycles. The van der Waals surface area contributed by atoms with Gasteiger partial charge in [-0.15, -0.1) is 12.8 Å². The molecule has 6 heteroatoms. The normalized spacial score (nSPS) is 26.9. The maximum absolute atomic E-state index is 11.9. The second kappa shape index (κ2) is 7.50. The van der Waals surface area contributed by atoms with Crippen molar-refractivity contribution in [1.82, 2.24) is 0 Å². The molecule has 0 spiro atoms. The third kappa shape index (κ3) is 4.48. The minimum absolute atomic E-state index is 0.0338. The Kier molecular flexibility index (Phi) is 6.20. The Morgan fingerprint density at radius 1 is 1.35 bits per heavy atom. The standard InChI is InChI=1S/C17H22O6/c1-7-9-22-17(8-2)13(10-21-15(19)16(4,5)6)20-11-14(17)23-12(3)18/h1-2,13-14H,9-11H2,3-6H3/t13-,14+,17-/m1/s1. The van der Waals surface area contributed by atoms with Gasteiger partial charge in [-0.25, -0.2) is 0 Å². The van der Waals surface area contributed by atoms with Crippen LogP contribution in [0.3, 0.4) is 0 Å². The van der Waals surface area contributed by atoms with Crippen molar-refractivity contribution in [3.05, 3.63) is 0 Å². The van der Waals surface area contributed by atoms with Crippen molar-refractivity contribution < 1.29 is 28.5 Å². The molecular weight excluding hydrogens is 300 g/mol. The molecule has 1 rings (SSSR count). The fourth-order valence-electron chi connectivity index (χ4n) is 2.09. The highest BCUT2D eigenvalue weighted by molar-refractivity contribution is 5.75. The molecule has 0 radical (unpaired) electrons. The van der Waals surface area contributed by atoms with Crippen LogP contribution in [0.15, 0.2) is 0 Å². The Hall–Kier alpha value is -2.02. The number of hydrogen-bond acceptors (Lipinski definition) is 6. The van der Waals surface area contributed by atoms with E-state index in [4.69, 9.17) is 31.8 Å². The summed E-state index contributed by atoms with van der Waals surface area (Å²) in [6, 6.07) is 0. The molecule has 6 nitrogen and oxygen atoms in total. The molecule has 0 amide bonds. The zero-order chi connectivity index (χ0) is 17.7. The fourth-order valence-corrected chi connectivity index (χ4v) is 2.09. The molecule has 1 fully saturated rings. The number of esters is 2. The highest BCUT2D eigenvalue weighted by Crippen LogP contribution is 2.33. The van der Waals surface area contributed by atoms with Gasteiger partial charge < -0.3 is 18.9 Å². The molecule has 23 heavy (non-hydrogen) atoms. The van der Waals surface area contributed by atoms with Gasteiger partial charge in [0.25, 0.3) is 0 Å². The number of terminal acetylenes is 2. The molecule has 1 heterocycles. The molecule has 0 aromatic heterocycles. The smallest absolute Gasteiger partial charge is 0.311 e. The molecule has 1 aliphatic heterocycles. The van der Waals surface area contributed by atoms with Gasteiger partial charge in [-0.3, -0.25) is 9.59 Å². The summed E-state index contributed by atoms with van der Waals surface area (Å²) in [5.41, 5.74) is -2.05. The number of hydrogen-bond donors (Lipinski definition) is 0. The van der Waals surface area contributed by atoms with Crippen LogP contribution in [0.5, 0.6) is 0 Å². The Balaban J connectivity index is 2.92. The van der Waals surface area contributed by atoms with E-state index in [0.29, 0.717) is 0 Å². The van der Waals surface area contributed by atoms with Crippen molar-refractivity contribution in [1.29, 1.82) is 0 Å². The largest absolute Gasteiger partial charge is 0.462 e. The van der Waals surface area contributed by atoms with E-state index >= 15 is 0 Å². The van der Waals surface area contributed by atoms with E-state index in [2.05, 4.69) is 11.8 Å². The van der Waals surface area contributed by atoms with Crippen LogP contribution in [0, 0.1) is 30.1 Å². The first-order chi connectivity index (χ1) is 10.7. The van der Waals surface area contributed by atoms with Crippen LogP contribution in [-0.2, 0) is 28.5 Å². The summed E-state index contributed by atoms with van der Waals surface area (Å²) in [5.74, 6) is 3.86. The van der Waals surface area contributed by atoms with Gasteiger partial charge in [0.2, 0.25) is 0 Å². The van der Waals surface area contributed by atoms with Crippen LogP contribution in [0.2, 0.25) is 0 Å². The third-order valence-electron chi connectivity index (χ3n) is 3.31. The predicted octanol–water partition coefficient (Wildman–Crippen LogP) is 0.928. The average molecular weight is 322 g/mol. The molecule has 0 aromatic carbocycles. The van der Waals surface area contributed by atoms with Gasteiger partial charge in [0, 0.05) is 6.92 Å². The first-order valence-electron chi connectivity index (χ1n) is 7.18. The van der Waals surface area contributed by atoms with Gasteiger partial charge >= 0.3 is 11.9 Å². The number of rotatable bonds is 5. The lowest BCUT2D eigenvalue weighted by molar-refractivity contribution is -0.165. The first kappa shape index (κ1) is 19.0. The lowest BCUT2D eigenvalue weighted by Crippen LogP contribution is -2.52. The molecule has 0 unspecified atom stereocenters. The van der Waals surface area contributed by atoms with Crippen molar-refractivity contribution in [2.75, 3.05) is 19.8 Å². The molecule has 126 valence electrons. The van der Waals surface area contributed by atoms with Crippen LogP contribution in [0.25, 0.3) is 0 Å². The average Bonchev–Trinajstić information content (AvgIpc) is 2.79.